The van der Waals surface area contributed by atoms with Crippen LogP contribution in [0.15, 0.2) is 29.4 Å². The fourth-order valence-corrected chi connectivity index (χ4v) is 1.40. The summed E-state index contributed by atoms with van der Waals surface area (Å²) < 4.78 is 42.3. The first-order valence-corrected chi connectivity index (χ1v) is 6.20. The number of alkyl halides is 3. The van der Waals surface area contributed by atoms with Crippen molar-refractivity contribution in [3.63, 3.8) is 0 Å². The van der Waals surface area contributed by atoms with Crippen LogP contribution in [0, 0.1) is 0 Å². The van der Waals surface area contributed by atoms with Gasteiger partial charge in [-0.15, -0.1) is 0 Å². The molecule has 0 aliphatic heterocycles. The predicted octanol–water partition coefficient (Wildman–Crippen LogP) is 3.95. The minimum Gasteiger partial charge on any atom is -0.443 e. The highest BCUT2D eigenvalue weighted by atomic mass is 19.4. The van der Waals surface area contributed by atoms with Crippen LogP contribution in [-0.4, -0.2) is 17.4 Å². The van der Waals surface area contributed by atoms with Gasteiger partial charge >= 0.3 is 12.3 Å². The fraction of sp³-hybridized carbons (Fsp3) is 0.429. The van der Waals surface area contributed by atoms with Gasteiger partial charge in [-0.1, -0.05) is 12.1 Å². The van der Waals surface area contributed by atoms with Crippen molar-refractivity contribution in [1.29, 1.82) is 0 Å². The van der Waals surface area contributed by atoms with Crippen molar-refractivity contribution in [2.24, 2.45) is 5.10 Å². The SMILES string of the molecule is C/C(=N\NC(=O)OC(C)(C)C)c1ccc(C(F)(F)F)cc1. The maximum atomic E-state index is 12.4. The third-order valence-corrected chi connectivity index (χ3v) is 2.34. The number of halogens is 3. The zero-order valence-corrected chi connectivity index (χ0v) is 12.2. The molecule has 0 atom stereocenters. The molecule has 0 saturated heterocycles. The van der Waals surface area contributed by atoms with Gasteiger partial charge < -0.3 is 4.74 Å². The Balaban J connectivity index is 2.73. The second-order valence-corrected chi connectivity index (χ2v) is 5.39. The smallest absolute Gasteiger partial charge is 0.428 e. The second kappa shape index (κ2) is 6.15. The van der Waals surface area contributed by atoms with E-state index in [9.17, 15) is 18.0 Å². The lowest BCUT2D eigenvalue weighted by Crippen LogP contribution is -2.30. The van der Waals surface area contributed by atoms with E-state index in [1.54, 1.807) is 27.7 Å². The fourth-order valence-electron chi connectivity index (χ4n) is 1.40. The molecule has 1 amide bonds. The van der Waals surface area contributed by atoms with E-state index in [0.717, 1.165) is 12.1 Å². The van der Waals surface area contributed by atoms with E-state index in [4.69, 9.17) is 4.74 Å². The van der Waals surface area contributed by atoms with Crippen molar-refractivity contribution < 1.29 is 22.7 Å². The highest BCUT2D eigenvalue weighted by molar-refractivity contribution is 5.99. The van der Waals surface area contributed by atoms with Gasteiger partial charge in [0.1, 0.15) is 5.60 Å². The molecule has 0 heterocycles. The van der Waals surface area contributed by atoms with Gasteiger partial charge in [0.05, 0.1) is 11.3 Å². The molecule has 1 rings (SSSR count). The number of nitrogens with zero attached hydrogens (tertiary/aromatic N) is 1. The molecule has 0 aromatic heterocycles. The normalized spacial score (nSPS) is 13.0. The molecule has 0 fully saturated rings. The van der Waals surface area contributed by atoms with Crippen LogP contribution in [0.1, 0.15) is 38.8 Å². The van der Waals surface area contributed by atoms with Crippen LogP contribution in [0.3, 0.4) is 0 Å². The highest BCUT2D eigenvalue weighted by Crippen LogP contribution is 2.29. The highest BCUT2D eigenvalue weighted by Gasteiger charge is 2.30. The molecule has 0 saturated carbocycles. The Labute approximate surface area is 121 Å². The molecule has 4 nitrogen and oxygen atoms in total. The van der Waals surface area contributed by atoms with Gasteiger partial charge in [-0.25, -0.2) is 10.2 Å². The third-order valence-electron chi connectivity index (χ3n) is 2.34. The van der Waals surface area contributed by atoms with Crippen LogP contribution < -0.4 is 5.43 Å². The van der Waals surface area contributed by atoms with Gasteiger partial charge in [0.15, 0.2) is 0 Å². The molecule has 116 valence electrons. The Bertz CT molecular complexity index is 529. The zero-order chi connectivity index (χ0) is 16.3. The molecule has 1 aromatic carbocycles. The first kappa shape index (κ1) is 17.0. The van der Waals surface area contributed by atoms with Crippen LogP contribution in [0.4, 0.5) is 18.0 Å². The second-order valence-electron chi connectivity index (χ2n) is 5.39. The Hall–Kier alpha value is -2.05. The minimum atomic E-state index is -4.38. The summed E-state index contributed by atoms with van der Waals surface area (Å²) >= 11 is 0. The lowest BCUT2D eigenvalue weighted by molar-refractivity contribution is -0.137. The summed E-state index contributed by atoms with van der Waals surface area (Å²) in [6.07, 6.45) is -5.10. The van der Waals surface area contributed by atoms with Gasteiger partial charge in [0.2, 0.25) is 0 Å². The first-order chi connectivity index (χ1) is 9.49. The number of ether oxygens (including phenoxy) is 1. The third kappa shape index (κ3) is 5.85. The summed E-state index contributed by atoms with van der Waals surface area (Å²) in [6, 6.07) is 4.50. The van der Waals surface area contributed by atoms with Gasteiger partial charge in [-0.3, -0.25) is 0 Å². The standard InChI is InChI=1S/C14H17F3N2O2/c1-9(18-19-12(20)21-13(2,3)4)10-5-7-11(8-6-10)14(15,16)17/h5-8H,1-4H3,(H,19,20)/b18-9+. The van der Waals surface area contributed by atoms with Crippen molar-refractivity contribution in [1.82, 2.24) is 5.43 Å². The number of nitrogens with one attached hydrogen (secondary N) is 1. The topological polar surface area (TPSA) is 50.7 Å². The van der Waals surface area contributed by atoms with Crippen LogP contribution in [0.2, 0.25) is 0 Å². The molecule has 0 bridgehead atoms. The number of hydrazone groups is 1. The molecule has 7 heteroatoms. The van der Waals surface area contributed by atoms with Gasteiger partial charge in [-0.05, 0) is 45.4 Å². The number of carbonyl (C=O) groups excluding carboxylic acids is 1. The molecule has 0 unspecified atom stereocenters. The lowest BCUT2D eigenvalue weighted by Gasteiger charge is -2.18. The maximum Gasteiger partial charge on any atom is 0.428 e. The first-order valence-electron chi connectivity index (χ1n) is 6.20. The Morgan fingerprint density at radius 2 is 1.67 bits per heavy atom. The number of amides is 1. The van der Waals surface area contributed by atoms with Crippen LogP contribution in [0.25, 0.3) is 0 Å². The molecule has 0 aliphatic carbocycles. The molecular formula is C14H17F3N2O2. The van der Waals surface area contributed by atoms with E-state index in [0.29, 0.717) is 11.3 Å². The Morgan fingerprint density at radius 1 is 1.14 bits per heavy atom. The van der Waals surface area contributed by atoms with Gasteiger partial charge in [0.25, 0.3) is 0 Å². The molecular weight excluding hydrogens is 285 g/mol. The van der Waals surface area contributed by atoms with E-state index < -0.39 is 23.4 Å². The molecule has 1 N–H and O–H groups in total. The summed E-state index contributed by atoms with van der Waals surface area (Å²) in [6.45, 7) is 6.69. The van der Waals surface area contributed by atoms with Crippen molar-refractivity contribution in [3.8, 4) is 0 Å². The molecule has 0 spiro atoms. The van der Waals surface area contributed by atoms with E-state index in [1.165, 1.54) is 12.1 Å². The summed E-state index contributed by atoms with van der Waals surface area (Å²) in [5, 5.41) is 3.78. The quantitative estimate of drug-likeness (QED) is 0.664. The summed E-state index contributed by atoms with van der Waals surface area (Å²) in [4.78, 5) is 11.4. The van der Waals surface area contributed by atoms with E-state index in [2.05, 4.69) is 10.5 Å². The average molecular weight is 302 g/mol. The van der Waals surface area contributed by atoms with Crippen molar-refractivity contribution in [2.45, 2.75) is 39.5 Å². The summed E-state index contributed by atoms with van der Waals surface area (Å²) in [7, 11) is 0. The summed E-state index contributed by atoms with van der Waals surface area (Å²) in [5.41, 5.74) is 1.64. The lowest BCUT2D eigenvalue weighted by atomic mass is 10.1. The van der Waals surface area contributed by atoms with Crippen LogP contribution >= 0.6 is 0 Å². The predicted molar refractivity (Wildman–Crippen MR) is 73.0 cm³/mol. The van der Waals surface area contributed by atoms with Crippen LogP contribution in [-0.2, 0) is 10.9 Å². The van der Waals surface area contributed by atoms with Crippen molar-refractivity contribution in [2.75, 3.05) is 0 Å². The minimum absolute atomic E-state index is 0.370. The molecule has 1 aromatic rings. The largest absolute Gasteiger partial charge is 0.443 e. The van der Waals surface area contributed by atoms with Gasteiger partial charge in [-0.2, -0.15) is 18.3 Å². The zero-order valence-electron chi connectivity index (χ0n) is 12.2. The number of benzene rings is 1. The van der Waals surface area contributed by atoms with Crippen molar-refractivity contribution >= 4 is 11.8 Å². The van der Waals surface area contributed by atoms with E-state index in [1.807, 2.05) is 0 Å². The maximum absolute atomic E-state index is 12.4. The number of hydrogen-bond acceptors (Lipinski definition) is 3. The van der Waals surface area contributed by atoms with Crippen molar-refractivity contribution in [3.05, 3.63) is 35.4 Å². The van der Waals surface area contributed by atoms with E-state index >= 15 is 0 Å². The Kier molecular flexibility index (Phi) is 4.98. The number of carbonyl (C=O) groups is 1. The monoisotopic (exact) mass is 302 g/mol. The molecule has 0 aliphatic rings. The molecule has 0 radical (unpaired) electrons. The number of hydrogen-bond donors (Lipinski definition) is 1. The Morgan fingerprint density at radius 3 is 2.10 bits per heavy atom. The molecule has 21 heavy (non-hydrogen) atoms. The summed E-state index contributed by atoms with van der Waals surface area (Å²) in [5.74, 6) is 0. The van der Waals surface area contributed by atoms with E-state index in [-0.39, 0.29) is 0 Å². The number of rotatable bonds is 2. The van der Waals surface area contributed by atoms with Gasteiger partial charge in [0, 0.05) is 0 Å². The average Bonchev–Trinajstić information content (AvgIpc) is 2.33. The van der Waals surface area contributed by atoms with Crippen LogP contribution in [0.5, 0.6) is 0 Å².